The summed E-state index contributed by atoms with van der Waals surface area (Å²) in [6, 6.07) is 14.6. The molecule has 0 spiro atoms. The number of aromatic amines is 1. The number of hydrogen-bond acceptors (Lipinski definition) is 2. The van der Waals surface area contributed by atoms with Crippen LogP contribution in [0.15, 0.2) is 53.3 Å². The van der Waals surface area contributed by atoms with Crippen molar-refractivity contribution in [3.05, 3.63) is 80.6 Å². The molecule has 2 N–H and O–H groups in total. The van der Waals surface area contributed by atoms with Crippen molar-refractivity contribution in [3.8, 4) is 0 Å². The van der Waals surface area contributed by atoms with E-state index in [1.807, 2.05) is 36.4 Å². The molecule has 5 heteroatoms. The predicted molar refractivity (Wildman–Crippen MR) is 91.8 cm³/mol. The summed E-state index contributed by atoms with van der Waals surface area (Å²) in [5, 5.41) is 4.40. The van der Waals surface area contributed by atoms with E-state index in [0.29, 0.717) is 17.0 Å². The quantitative estimate of drug-likeness (QED) is 0.722. The number of fused-ring (bicyclic) bond motifs is 1. The van der Waals surface area contributed by atoms with Crippen molar-refractivity contribution >= 4 is 28.9 Å². The van der Waals surface area contributed by atoms with E-state index in [-0.39, 0.29) is 11.6 Å². The first-order valence-corrected chi connectivity index (χ1v) is 7.55. The van der Waals surface area contributed by atoms with Crippen molar-refractivity contribution in [2.24, 2.45) is 0 Å². The molecule has 0 aliphatic heterocycles. The van der Waals surface area contributed by atoms with Gasteiger partial charge in [-0.3, -0.25) is 9.59 Å². The van der Waals surface area contributed by atoms with Crippen LogP contribution < -0.4 is 10.9 Å². The van der Waals surface area contributed by atoms with Gasteiger partial charge in [-0.25, -0.2) is 0 Å². The van der Waals surface area contributed by atoms with E-state index >= 15 is 0 Å². The number of aryl methyl sites for hydroxylation is 1. The smallest absolute Gasteiger partial charge is 0.251 e. The maximum atomic E-state index is 11.7. The minimum atomic E-state index is -0.276. The Bertz CT molecular complexity index is 916. The lowest BCUT2D eigenvalue weighted by atomic mass is 9.97. The van der Waals surface area contributed by atoms with Gasteiger partial charge >= 0.3 is 0 Å². The standard InChI is InChI=1S/C18H15ClN2O2/c1-11-8-14-9-13(4-7-16(14)21-18(11)23)17(20-10-22)12-2-5-15(19)6-3-12/h2-10,17H,1H3,(H,20,22)(H,21,23). The molecule has 0 bridgehead atoms. The molecule has 4 nitrogen and oxygen atoms in total. The Morgan fingerprint density at radius 2 is 1.78 bits per heavy atom. The molecule has 0 aliphatic rings. The summed E-state index contributed by atoms with van der Waals surface area (Å²) in [7, 11) is 0. The van der Waals surface area contributed by atoms with Crippen molar-refractivity contribution in [1.29, 1.82) is 0 Å². The van der Waals surface area contributed by atoms with E-state index in [0.717, 1.165) is 22.0 Å². The normalized spacial score (nSPS) is 12.1. The molecule has 1 atom stereocenters. The maximum Gasteiger partial charge on any atom is 0.251 e. The highest BCUT2D eigenvalue weighted by Crippen LogP contribution is 2.25. The van der Waals surface area contributed by atoms with Gasteiger partial charge in [-0.05, 0) is 53.8 Å². The largest absolute Gasteiger partial charge is 0.348 e. The minimum absolute atomic E-state index is 0.0921. The molecule has 1 heterocycles. The highest BCUT2D eigenvalue weighted by molar-refractivity contribution is 6.30. The van der Waals surface area contributed by atoms with Crippen LogP contribution in [-0.4, -0.2) is 11.4 Å². The Morgan fingerprint density at radius 1 is 1.09 bits per heavy atom. The molecule has 0 aliphatic carbocycles. The zero-order valence-electron chi connectivity index (χ0n) is 12.5. The number of carbonyl (C=O) groups is 1. The van der Waals surface area contributed by atoms with Gasteiger partial charge in [0.05, 0.1) is 6.04 Å². The lowest BCUT2D eigenvalue weighted by Crippen LogP contribution is -2.20. The fourth-order valence-corrected chi connectivity index (χ4v) is 2.75. The van der Waals surface area contributed by atoms with Gasteiger partial charge in [0.2, 0.25) is 6.41 Å². The maximum absolute atomic E-state index is 11.7. The van der Waals surface area contributed by atoms with E-state index in [9.17, 15) is 9.59 Å². The second-order valence-corrected chi connectivity index (χ2v) is 5.83. The second kappa shape index (κ2) is 6.26. The Morgan fingerprint density at radius 3 is 2.48 bits per heavy atom. The number of carbonyl (C=O) groups excluding carboxylic acids is 1. The van der Waals surface area contributed by atoms with Crippen LogP contribution in [0, 0.1) is 6.92 Å². The third-order valence-electron chi connectivity index (χ3n) is 3.83. The summed E-state index contributed by atoms with van der Waals surface area (Å²) in [6.45, 7) is 1.77. The number of hydrogen-bond donors (Lipinski definition) is 2. The highest BCUT2D eigenvalue weighted by Gasteiger charge is 2.14. The molecular weight excluding hydrogens is 312 g/mol. The predicted octanol–water partition coefficient (Wildman–Crippen LogP) is 3.33. The number of H-pyrrole nitrogens is 1. The lowest BCUT2D eigenvalue weighted by Gasteiger charge is -2.18. The average molecular weight is 327 g/mol. The van der Waals surface area contributed by atoms with Crippen molar-refractivity contribution in [2.45, 2.75) is 13.0 Å². The number of nitrogens with one attached hydrogen (secondary N) is 2. The Kier molecular flexibility index (Phi) is 4.17. The summed E-state index contributed by atoms with van der Waals surface area (Å²) < 4.78 is 0. The first-order valence-electron chi connectivity index (χ1n) is 7.17. The lowest BCUT2D eigenvalue weighted by molar-refractivity contribution is -0.110. The highest BCUT2D eigenvalue weighted by atomic mass is 35.5. The third kappa shape index (κ3) is 3.12. The van der Waals surface area contributed by atoms with Crippen molar-refractivity contribution in [1.82, 2.24) is 10.3 Å². The number of aromatic nitrogens is 1. The summed E-state index contributed by atoms with van der Waals surface area (Å²) in [5.74, 6) is 0. The summed E-state index contributed by atoms with van der Waals surface area (Å²) in [6.07, 6.45) is 0.682. The topological polar surface area (TPSA) is 62.0 Å². The van der Waals surface area contributed by atoms with Crippen LogP contribution in [-0.2, 0) is 4.79 Å². The van der Waals surface area contributed by atoms with E-state index < -0.39 is 0 Å². The summed E-state index contributed by atoms with van der Waals surface area (Å²) >= 11 is 5.93. The first kappa shape index (κ1) is 15.3. The van der Waals surface area contributed by atoms with E-state index in [1.54, 1.807) is 19.1 Å². The van der Waals surface area contributed by atoms with Gasteiger partial charge in [0.25, 0.3) is 5.56 Å². The zero-order chi connectivity index (χ0) is 16.4. The monoisotopic (exact) mass is 326 g/mol. The van der Waals surface area contributed by atoms with Gasteiger partial charge in [0, 0.05) is 16.1 Å². The minimum Gasteiger partial charge on any atom is -0.348 e. The van der Waals surface area contributed by atoms with Gasteiger partial charge in [0.1, 0.15) is 0 Å². The molecule has 2 aromatic carbocycles. The van der Waals surface area contributed by atoms with E-state index in [2.05, 4.69) is 10.3 Å². The van der Waals surface area contributed by atoms with Crippen LogP contribution in [0.4, 0.5) is 0 Å². The van der Waals surface area contributed by atoms with Crippen LogP contribution in [0.25, 0.3) is 10.9 Å². The number of rotatable bonds is 4. The average Bonchev–Trinajstić information content (AvgIpc) is 2.54. The molecule has 23 heavy (non-hydrogen) atoms. The van der Waals surface area contributed by atoms with Crippen molar-refractivity contribution in [3.63, 3.8) is 0 Å². The van der Waals surface area contributed by atoms with Crippen LogP contribution in [0.1, 0.15) is 22.7 Å². The van der Waals surface area contributed by atoms with Crippen LogP contribution in [0.2, 0.25) is 5.02 Å². The molecule has 1 aromatic heterocycles. The summed E-state index contributed by atoms with van der Waals surface area (Å²) in [4.78, 5) is 25.5. The number of amides is 1. The molecule has 0 saturated carbocycles. The van der Waals surface area contributed by atoms with E-state index in [4.69, 9.17) is 11.6 Å². The SMILES string of the molecule is Cc1cc2cc(C(NC=O)c3ccc(Cl)cc3)ccc2[nH]c1=O. The molecule has 1 unspecified atom stereocenters. The fourth-order valence-electron chi connectivity index (χ4n) is 2.62. The molecule has 0 fully saturated rings. The van der Waals surface area contributed by atoms with Crippen molar-refractivity contribution in [2.75, 3.05) is 0 Å². The first-order chi connectivity index (χ1) is 11.1. The van der Waals surface area contributed by atoms with Crippen LogP contribution in [0.3, 0.4) is 0 Å². The Balaban J connectivity index is 2.10. The van der Waals surface area contributed by atoms with Crippen LogP contribution >= 0.6 is 11.6 Å². The number of benzene rings is 2. The zero-order valence-corrected chi connectivity index (χ0v) is 13.2. The van der Waals surface area contributed by atoms with Gasteiger partial charge in [-0.15, -0.1) is 0 Å². The Labute approximate surface area is 138 Å². The van der Waals surface area contributed by atoms with E-state index in [1.165, 1.54) is 0 Å². The molecule has 0 radical (unpaired) electrons. The molecule has 116 valence electrons. The number of pyridine rings is 1. The van der Waals surface area contributed by atoms with Crippen molar-refractivity contribution < 1.29 is 4.79 Å². The molecule has 0 saturated heterocycles. The third-order valence-corrected chi connectivity index (χ3v) is 4.08. The Hall–Kier alpha value is -2.59. The van der Waals surface area contributed by atoms with Gasteiger partial charge < -0.3 is 10.3 Å². The molecule has 3 rings (SSSR count). The molecule has 3 aromatic rings. The van der Waals surface area contributed by atoms with Gasteiger partial charge in [-0.2, -0.15) is 0 Å². The van der Waals surface area contributed by atoms with Gasteiger partial charge in [0.15, 0.2) is 0 Å². The second-order valence-electron chi connectivity index (χ2n) is 5.40. The fraction of sp³-hybridized carbons (Fsp3) is 0.111. The van der Waals surface area contributed by atoms with Crippen LogP contribution in [0.5, 0.6) is 0 Å². The molecular formula is C18H15ClN2O2. The van der Waals surface area contributed by atoms with Gasteiger partial charge in [-0.1, -0.05) is 29.8 Å². The number of halogens is 1. The summed E-state index contributed by atoms with van der Waals surface area (Å²) in [5.41, 5.74) is 3.19. The molecule has 1 amide bonds.